The first-order chi connectivity index (χ1) is 8.81. The number of carbonyl (C=O) groups is 2. The van der Waals surface area contributed by atoms with Crippen LogP contribution < -0.4 is 11.1 Å². The molecule has 0 spiro atoms. The van der Waals surface area contributed by atoms with Crippen molar-refractivity contribution in [2.75, 3.05) is 5.32 Å². The normalized spacial score (nSPS) is 12.3. The van der Waals surface area contributed by atoms with Crippen molar-refractivity contribution in [2.24, 2.45) is 11.7 Å². The number of carboxylic acid groups (broad SMARTS) is 1. The molecule has 1 aromatic carbocycles. The number of hydrogen-bond acceptors (Lipinski definition) is 3. The number of aromatic carboxylic acids is 1. The molecule has 5 heteroatoms. The number of anilines is 1. The lowest BCUT2D eigenvalue weighted by molar-refractivity contribution is -0.116. The Bertz CT molecular complexity index is 484. The third kappa shape index (κ3) is 4.37. The summed E-state index contributed by atoms with van der Waals surface area (Å²) in [5.41, 5.74) is 7.04. The average Bonchev–Trinajstić information content (AvgIpc) is 2.30. The van der Waals surface area contributed by atoms with Gasteiger partial charge in [-0.15, -0.1) is 0 Å². The Kier molecular flexibility index (Phi) is 5.06. The van der Waals surface area contributed by atoms with Crippen molar-refractivity contribution in [1.82, 2.24) is 0 Å². The van der Waals surface area contributed by atoms with Crippen molar-refractivity contribution in [3.8, 4) is 0 Å². The van der Waals surface area contributed by atoms with Gasteiger partial charge in [-0.3, -0.25) is 4.79 Å². The summed E-state index contributed by atoms with van der Waals surface area (Å²) in [6.07, 6.45) is 0.171. The molecule has 0 saturated carbocycles. The monoisotopic (exact) mass is 264 g/mol. The lowest BCUT2D eigenvalue weighted by Gasteiger charge is -2.15. The van der Waals surface area contributed by atoms with E-state index >= 15 is 0 Å². The van der Waals surface area contributed by atoms with E-state index in [-0.39, 0.29) is 29.9 Å². The van der Waals surface area contributed by atoms with Gasteiger partial charge >= 0.3 is 5.97 Å². The first-order valence-electron chi connectivity index (χ1n) is 6.20. The highest BCUT2D eigenvalue weighted by atomic mass is 16.4. The van der Waals surface area contributed by atoms with Gasteiger partial charge < -0.3 is 16.2 Å². The van der Waals surface area contributed by atoms with E-state index in [4.69, 9.17) is 10.8 Å². The zero-order chi connectivity index (χ0) is 14.6. The lowest BCUT2D eigenvalue weighted by atomic mass is 10.0. The topological polar surface area (TPSA) is 92.4 Å². The Morgan fingerprint density at radius 3 is 2.53 bits per heavy atom. The summed E-state index contributed by atoms with van der Waals surface area (Å²) in [6, 6.07) is 4.64. The fourth-order valence-corrected chi connectivity index (χ4v) is 1.60. The van der Waals surface area contributed by atoms with E-state index in [0.717, 1.165) is 5.56 Å². The molecule has 0 radical (unpaired) electrons. The van der Waals surface area contributed by atoms with Gasteiger partial charge in [0.2, 0.25) is 5.91 Å². The first kappa shape index (κ1) is 15.2. The number of amides is 1. The van der Waals surface area contributed by atoms with Crippen LogP contribution in [0.15, 0.2) is 18.2 Å². The molecule has 0 bridgehead atoms. The average molecular weight is 264 g/mol. The van der Waals surface area contributed by atoms with Crippen LogP contribution in [0.4, 0.5) is 5.69 Å². The van der Waals surface area contributed by atoms with Crippen molar-refractivity contribution in [3.05, 3.63) is 29.3 Å². The Balaban J connectivity index is 2.82. The Labute approximate surface area is 112 Å². The van der Waals surface area contributed by atoms with Crippen molar-refractivity contribution in [1.29, 1.82) is 0 Å². The molecule has 1 unspecified atom stereocenters. The summed E-state index contributed by atoms with van der Waals surface area (Å²) in [5, 5.41) is 11.7. The van der Waals surface area contributed by atoms with Gasteiger partial charge in [-0.1, -0.05) is 25.5 Å². The molecular formula is C14H20N2O3. The summed E-state index contributed by atoms with van der Waals surface area (Å²) in [6.45, 7) is 5.67. The molecule has 0 aliphatic rings. The number of nitrogens with two attached hydrogens (primary N) is 1. The lowest BCUT2D eigenvalue weighted by Crippen LogP contribution is -2.31. The number of benzene rings is 1. The van der Waals surface area contributed by atoms with E-state index < -0.39 is 5.97 Å². The highest BCUT2D eigenvalue weighted by molar-refractivity contribution is 6.00. The van der Waals surface area contributed by atoms with Gasteiger partial charge in [0.1, 0.15) is 0 Å². The maximum absolute atomic E-state index is 11.8. The molecule has 1 atom stereocenters. The second kappa shape index (κ2) is 6.33. The number of rotatable bonds is 5. The van der Waals surface area contributed by atoms with Gasteiger partial charge in [0.25, 0.3) is 0 Å². The highest BCUT2D eigenvalue weighted by Crippen LogP contribution is 2.18. The van der Waals surface area contributed by atoms with Crippen molar-refractivity contribution >= 4 is 17.6 Å². The minimum atomic E-state index is -1.06. The fourth-order valence-electron chi connectivity index (χ4n) is 1.60. The fraction of sp³-hybridized carbons (Fsp3) is 0.429. The molecule has 1 aromatic rings. The molecule has 1 rings (SSSR count). The van der Waals surface area contributed by atoms with Crippen LogP contribution >= 0.6 is 0 Å². The van der Waals surface area contributed by atoms with Crippen molar-refractivity contribution in [2.45, 2.75) is 33.2 Å². The van der Waals surface area contributed by atoms with Crippen LogP contribution in [0.2, 0.25) is 0 Å². The van der Waals surface area contributed by atoms with Crippen molar-refractivity contribution in [3.63, 3.8) is 0 Å². The number of carbonyl (C=O) groups excluding carboxylic acids is 1. The summed E-state index contributed by atoms with van der Waals surface area (Å²) in [4.78, 5) is 22.9. The van der Waals surface area contributed by atoms with Gasteiger partial charge in [-0.05, 0) is 25.0 Å². The van der Waals surface area contributed by atoms with E-state index in [2.05, 4.69) is 5.32 Å². The molecule has 0 heterocycles. The zero-order valence-corrected chi connectivity index (χ0v) is 11.4. The van der Waals surface area contributed by atoms with Crippen LogP contribution in [0, 0.1) is 12.8 Å². The molecule has 5 nitrogen and oxygen atoms in total. The highest BCUT2D eigenvalue weighted by Gasteiger charge is 2.16. The Morgan fingerprint density at radius 2 is 2.00 bits per heavy atom. The Hall–Kier alpha value is -1.88. The molecule has 0 fully saturated rings. The van der Waals surface area contributed by atoms with Crippen LogP contribution in [0.25, 0.3) is 0 Å². The van der Waals surface area contributed by atoms with Gasteiger partial charge in [0.05, 0.1) is 11.3 Å². The number of aryl methyl sites for hydroxylation is 1. The van der Waals surface area contributed by atoms with E-state index in [9.17, 15) is 9.59 Å². The second-order valence-corrected chi connectivity index (χ2v) is 5.01. The minimum absolute atomic E-state index is 0.0893. The molecule has 1 amide bonds. The molecule has 4 N–H and O–H groups in total. The maximum atomic E-state index is 11.8. The van der Waals surface area contributed by atoms with Crippen LogP contribution in [-0.4, -0.2) is 23.0 Å². The first-order valence-corrected chi connectivity index (χ1v) is 6.20. The van der Waals surface area contributed by atoms with Gasteiger partial charge in [-0.2, -0.15) is 0 Å². The van der Waals surface area contributed by atoms with Gasteiger partial charge in [-0.25, -0.2) is 4.79 Å². The zero-order valence-electron chi connectivity index (χ0n) is 11.4. The summed E-state index contributed by atoms with van der Waals surface area (Å²) >= 11 is 0. The summed E-state index contributed by atoms with van der Waals surface area (Å²) in [7, 11) is 0. The standard InChI is InChI=1S/C14H20N2O3/c1-8(2)11(15)7-13(17)16-12-5-4-9(3)6-10(12)14(18)19/h4-6,8,11H,7,15H2,1-3H3,(H,16,17)(H,18,19). The van der Waals surface area contributed by atoms with E-state index in [1.165, 1.54) is 6.07 Å². The molecular weight excluding hydrogens is 244 g/mol. The van der Waals surface area contributed by atoms with Crippen LogP contribution in [0.5, 0.6) is 0 Å². The molecule has 0 aromatic heterocycles. The predicted molar refractivity (Wildman–Crippen MR) is 74.2 cm³/mol. The van der Waals surface area contributed by atoms with Crippen LogP contribution in [0.1, 0.15) is 36.2 Å². The summed E-state index contributed by atoms with van der Waals surface area (Å²) in [5.74, 6) is -1.14. The van der Waals surface area contributed by atoms with Crippen molar-refractivity contribution < 1.29 is 14.7 Å². The molecule has 0 aliphatic carbocycles. The van der Waals surface area contributed by atoms with E-state index in [1.54, 1.807) is 19.1 Å². The molecule has 104 valence electrons. The number of hydrogen-bond donors (Lipinski definition) is 3. The third-order valence-electron chi connectivity index (χ3n) is 2.96. The van der Waals surface area contributed by atoms with E-state index in [0.29, 0.717) is 5.69 Å². The smallest absolute Gasteiger partial charge is 0.337 e. The minimum Gasteiger partial charge on any atom is -0.478 e. The van der Waals surface area contributed by atoms with Gasteiger partial charge in [0.15, 0.2) is 0 Å². The number of carboxylic acids is 1. The van der Waals surface area contributed by atoms with E-state index in [1.807, 2.05) is 13.8 Å². The second-order valence-electron chi connectivity index (χ2n) is 5.01. The van der Waals surface area contributed by atoms with Gasteiger partial charge in [0, 0.05) is 12.5 Å². The maximum Gasteiger partial charge on any atom is 0.337 e. The summed E-state index contributed by atoms with van der Waals surface area (Å²) < 4.78 is 0. The third-order valence-corrected chi connectivity index (χ3v) is 2.96. The van der Waals surface area contributed by atoms with Crippen LogP contribution in [-0.2, 0) is 4.79 Å². The Morgan fingerprint density at radius 1 is 1.37 bits per heavy atom. The number of nitrogens with one attached hydrogen (secondary N) is 1. The molecule has 0 saturated heterocycles. The quantitative estimate of drug-likeness (QED) is 0.758. The SMILES string of the molecule is Cc1ccc(NC(=O)CC(N)C(C)C)c(C(=O)O)c1. The molecule has 0 aliphatic heterocycles. The molecule has 19 heavy (non-hydrogen) atoms. The predicted octanol–water partition coefficient (Wildman–Crippen LogP) is 2.01. The largest absolute Gasteiger partial charge is 0.478 e. The van der Waals surface area contributed by atoms with Crippen LogP contribution in [0.3, 0.4) is 0 Å².